The highest BCUT2D eigenvalue weighted by Crippen LogP contribution is 2.19. The first-order valence-electron chi connectivity index (χ1n) is 5.67. The van der Waals surface area contributed by atoms with Crippen molar-refractivity contribution in [1.29, 1.82) is 0 Å². The van der Waals surface area contributed by atoms with Crippen LogP contribution in [-0.4, -0.2) is 31.1 Å². The van der Waals surface area contributed by atoms with Crippen LogP contribution in [0, 0.1) is 11.3 Å². The Hall–Kier alpha value is -0.0800. The van der Waals surface area contributed by atoms with Crippen molar-refractivity contribution in [3.63, 3.8) is 0 Å². The van der Waals surface area contributed by atoms with Crippen LogP contribution < -0.4 is 5.73 Å². The Labute approximate surface area is 89.9 Å². The monoisotopic (exact) mass is 200 g/mol. The lowest BCUT2D eigenvalue weighted by atomic mass is 9.85. The summed E-state index contributed by atoms with van der Waals surface area (Å²) in [4.78, 5) is 2.37. The molecule has 14 heavy (non-hydrogen) atoms. The minimum absolute atomic E-state index is 0.235. The summed E-state index contributed by atoms with van der Waals surface area (Å²) in [6.45, 7) is 13.4. The molecule has 2 nitrogen and oxygen atoms in total. The maximum absolute atomic E-state index is 6.10. The van der Waals surface area contributed by atoms with Gasteiger partial charge in [0.15, 0.2) is 0 Å². The van der Waals surface area contributed by atoms with Crippen LogP contribution in [0.5, 0.6) is 0 Å². The van der Waals surface area contributed by atoms with Crippen molar-refractivity contribution in [3.8, 4) is 0 Å². The van der Waals surface area contributed by atoms with Gasteiger partial charge in [0, 0.05) is 12.6 Å². The zero-order valence-corrected chi connectivity index (χ0v) is 10.8. The molecular formula is C12H28N2. The zero-order valence-electron chi connectivity index (χ0n) is 10.8. The van der Waals surface area contributed by atoms with Crippen molar-refractivity contribution >= 4 is 0 Å². The van der Waals surface area contributed by atoms with E-state index >= 15 is 0 Å². The molecule has 0 aliphatic carbocycles. The average molecular weight is 200 g/mol. The fourth-order valence-corrected chi connectivity index (χ4v) is 1.51. The molecule has 0 aromatic carbocycles. The van der Waals surface area contributed by atoms with Gasteiger partial charge in [-0.15, -0.1) is 0 Å². The Kier molecular flexibility index (Phi) is 5.68. The summed E-state index contributed by atoms with van der Waals surface area (Å²) in [5.41, 5.74) is 6.34. The lowest BCUT2D eigenvalue weighted by Crippen LogP contribution is -2.38. The summed E-state index contributed by atoms with van der Waals surface area (Å²) < 4.78 is 0. The molecule has 0 aliphatic rings. The minimum Gasteiger partial charge on any atom is -0.327 e. The largest absolute Gasteiger partial charge is 0.327 e. The molecule has 0 amide bonds. The van der Waals surface area contributed by atoms with Gasteiger partial charge in [0.2, 0.25) is 0 Å². The van der Waals surface area contributed by atoms with Crippen LogP contribution >= 0.6 is 0 Å². The minimum atomic E-state index is 0.235. The van der Waals surface area contributed by atoms with Crippen LogP contribution in [0.1, 0.15) is 41.0 Å². The second kappa shape index (κ2) is 5.72. The lowest BCUT2D eigenvalue weighted by molar-refractivity contribution is 0.241. The molecular weight excluding hydrogens is 172 g/mol. The van der Waals surface area contributed by atoms with Crippen LogP contribution in [0.15, 0.2) is 0 Å². The predicted octanol–water partition coefficient (Wildman–Crippen LogP) is 2.34. The van der Waals surface area contributed by atoms with Gasteiger partial charge in [0.05, 0.1) is 0 Å². The molecule has 0 saturated carbocycles. The summed E-state index contributed by atoms with van der Waals surface area (Å²) in [6, 6.07) is 0.303. The molecule has 1 unspecified atom stereocenters. The van der Waals surface area contributed by atoms with Crippen molar-refractivity contribution < 1.29 is 0 Å². The molecule has 1 atom stereocenters. The second-order valence-electron chi connectivity index (χ2n) is 5.92. The highest BCUT2D eigenvalue weighted by atomic mass is 15.1. The van der Waals surface area contributed by atoms with Gasteiger partial charge in [-0.05, 0) is 31.3 Å². The zero-order chi connectivity index (χ0) is 11.4. The van der Waals surface area contributed by atoms with E-state index in [9.17, 15) is 0 Å². The summed E-state index contributed by atoms with van der Waals surface area (Å²) in [7, 11) is 2.18. The first kappa shape index (κ1) is 13.9. The number of rotatable bonds is 5. The molecule has 0 radical (unpaired) electrons. The van der Waals surface area contributed by atoms with Crippen LogP contribution in [0.2, 0.25) is 0 Å². The smallest absolute Gasteiger partial charge is 0.00998 e. The van der Waals surface area contributed by atoms with E-state index in [1.165, 1.54) is 0 Å². The summed E-state index contributed by atoms with van der Waals surface area (Å²) in [5.74, 6) is 0.742. The van der Waals surface area contributed by atoms with Crippen LogP contribution in [0.3, 0.4) is 0 Å². The van der Waals surface area contributed by atoms with E-state index < -0.39 is 0 Å². The molecule has 2 heteroatoms. The summed E-state index contributed by atoms with van der Waals surface area (Å²) in [5, 5.41) is 0. The van der Waals surface area contributed by atoms with Gasteiger partial charge < -0.3 is 10.6 Å². The molecule has 0 aromatic heterocycles. The topological polar surface area (TPSA) is 29.3 Å². The highest BCUT2D eigenvalue weighted by Gasteiger charge is 2.20. The summed E-state index contributed by atoms with van der Waals surface area (Å²) >= 11 is 0. The first-order valence-corrected chi connectivity index (χ1v) is 5.67. The maximum atomic E-state index is 6.10. The quantitative estimate of drug-likeness (QED) is 0.738. The van der Waals surface area contributed by atoms with Gasteiger partial charge in [-0.25, -0.2) is 0 Å². The second-order valence-corrected chi connectivity index (χ2v) is 5.92. The Morgan fingerprint density at radius 1 is 1.21 bits per heavy atom. The molecule has 2 N–H and O–H groups in total. The Morgan fingerprint density at radius 3 is 2.07 bits per heavy atom. The van der Waals surface area contributed by atoms with Crippen molar-refractivity contribution in [2.45, 2.75) is 47.1 Å². The number of hydrogen-bond donors (Lipinski definition) is 1. The van der Waals surface area contributed by atoms with Crippen LogP contribution in [-0.2, 0) is 0 Å². The fraction of sp³-hybridized carbons (Fsp3) is 1.00. The molecule has 0 aromatic rings. The third-order valence-corrected chi connectivity index (χ3v) is 2.61. The molecule has 0 fully saturated rings. The van der Waals surface area contributed by atoms with Gasteiger partial charge in [0.25, 0.3) is 0 Å². The molecule has 0 aliphatic heterocycles. The van der Waals surface area contributed by atoms with E-state index in [1.54, 1.807) is 0 Å². The SMILES string of the molecule is CC(C)CN(C)CCC(N)C(C)(C)C. The standard InChI is InChI=1S/C12H28N2/c1-10(2)9-14(6)8-7-11(13)12(3,4)5/h10-11H,7-9,13H2,1-6H3. The lowest BCUT2D eigenvalue weighted by Gasteiger charge is -2.29. The maximum Gasteiger partial charge on any atom is 0.00998 e. The van der Waals surface area contributed by atoms with Crippen LogP contribution in [0.4, 0.5) is 0 Å². The van der Waals surface area contributed by atoms with Gasteiger partial charge in [-0.3, -0.25) is 0 Å². The van der Waals surface area contributed by atoms with E-state index in [4.69, 9.17) is 5.73 Å². The number of hydrogen-bond acceptors (Lipinski definition) is 2. The predicted molar refractivity (Wildman–Crippen MR) is 64.4 cm³/mol. The van der Waals surface area contributed by atoms with E-state index in [-0.39, 0.29) is 5.41 Å². The van der Waals surface area contributed by atoms with Gasteiger partial charge in [0.1, 0.15) is 0 Å². The van der Waals surface area contributed by atoms with Gasteiger partial charge in [-0.2, -0.15) is 0 Å². The number of nitrogens with two attached hydrogens (primary N) is 1. The Bertz CT molecular complexity index is 147. The molecule has 0 heterocycles. The molecule has 0 saturated heterocycles. The van der Waals surface area contributed by atoms with E-state index in [0.717, 1.165) is 25.4 Å². The average Bonchev–Trinajstić information content (AvgIpc) is 1.96. The normalized spacial score (nSPS) is 15.2. The number of nitrogens with zero attached hydrogens (tertiary/aromatic N) is 1. The third-order valence-electron chi connectivity index (χ3n) is 2.61. The third kappa shape index (κ3) is 6.39. The van der Waals surface area contributed by atoms with Crippen LogP contribution in [0.25, 0.3) is 0 Å². The Morgan fingerprint density at radius 2 is 1.71 bits per heavy atom. The molecule has 0 bridgehead atoms. The fourth-order valence-electron chi connectivity index (χ4n) is 1.51. The molecule has 86 valence electrons. The van der Waals surface area contributed by atoms with Crippen molar-refractivity contribution in [1.82, 2.24) is 4.90 Å². The van der Waals surface area contributed by atoms with Crippen molar-refractivity contribution in [2.24, 2.45) is 17.1 Å². The van der Waals surface area contributed by atoms with Gasteiger partial charge >= 0.3 is 0 Å². The van der Waals surface area contributed by atoms with E-state index in [1.807, 2.05) is 0 Å². The molecule has 0 rings (SSSR count). The van der Waals surface area contributed by atoms with Crippen molar-refractivity contribution in [2.75, 3.05) is 20.1 Å². The van der Waals surface area contributed by atoms with E-state index in [2.05, 4.69) is 46.6 Å². The van der Waals surface area contributed by atoms with E-state index in [0.29, 0.717) is 6.04 Å². The van der Waals surface area contributed by atoms with Crippen molar-refractivity contribution in [3.05, 3.63) is 0 Å². The van der Waals surface area contributed by atoms with Gasteiger partial charge in [-0.1, -0.05) is 34.6 Å². The molecule has 0 spiro atoms. The Balaban J connectivity index is 3.72. The first-order chi connectivity index (χ1) is 6.23. The summed E-state index contributed by atoms with van der Waals surface area (Å²) in [6.07, 6.45) is 1.09. The highest BCUT2D eigenvalue weighted by molar-refractivity contribution is 4.77.